The molecular weight excluding hydrogens is 370 g/mol. The fourth-order valence-electron chi connectivity index (χ4n) is 2.69. The molecule has 2 atom stereocenters. The Labute approximate surface area is 160 Å². The highest BCUT2D eigenvalue weighted by molar-refractivity contribution is 7.89. The number of hydrogen-bond donors (Lipinski definition) is 0. The molecule has 0 radical (unpaired) electrons. The first-order valence-electron chi connectivity index (χ1n) is 8.87. The van der Waals surface area contributed by atoms with E-state index in [9.17, 15) is 18.0 Å². The number of morpholine rings is 1. The Balaban J connectivity index is 2.16. The second-order valence-electron chi connectivity index (χ2n) is 7.86. The van der Waals surface area contributed by atoms with E-state index >= 15 is 0 Å². The first kappa shape index (κ1) is 21.5. The minimum absolute atomic E-state index is 0.0143. The predicted octanol–water partition coefficient (Wildman–Crippen LogP) is 2.26. The summed E-state index contributed by atoms with van der Waals surface area (Å²) in [5.74, 6) is -0.940. The van der Waals surface area contributed by atoms with Crippen molar-refractivity contribution < 1.29 is 27.5 Å². The summed E-state index contributed by atoms with van der Waals surface area (Å²) in [5.41, 5.74) is -0.526. The Morgan fingerprint density at radius 3 is 2.33 bits per heavy atom. The van der Waals surface area contributed by atoms with E-state index in [1.807, 2.05) is 13.8 Å². The van der Waals surface area contributed by atoms with Gasteiger partial charge in [0.05, 0.1) is 22.7 Å². The van der Waals surface area contributed by atoms with Gasteiger partial charge < -0.3 is 9.47 Å². The van der Waals surface area contributed by atoms with E-state index in [-0.39, 0.29) is 48.1 Å². The zero-order valence-electron chi connectivity index (χ0n) is 16.4. The fraction of sp³-hybridized carbons (Fsp3) is 0.579. The van der Waals surface area contributed by atoms with Gasteiger partial charge in [0.15, 0.2) is 12.4 Å². The van der Waals surface area contributed by atoms with E-state index in [0.717, 1.165) is 0 Å². The van der Waals surface area contributed by atoms with Crippen LogP contribution in [0, 0.1) is 5.41 Å². The van der Waals surface area contributed by atoms with Crippen molar-refractivity contribution in [3.63, 3.8) is 0 Å². The summed E-state index contributed by atoms with van der Waals surface area (Å²) in [7, 11) is -3.76. The minimum atomic E-state index is -3.76. The molecule has 2 rings (SSSR count). The number of carbonyl (C=O) groups excluding carboxylic acids is 2. The number of carbonyl (C=O) groups is 2. The lowest BCUT2D eigenvalue weighted by atomic mass is 9.91. The molecule has 150 valence electrons. The second kappa shape index (κ2) is 8.08. The monoisotopic (exact) mass is 397 g/mol. The summed E-state index contributed by atoms with van der Waals surface area (Å²) in [4.78, 5) is 24.1. The van der Waals surface area contributed by atoms with Gasteiger partial charge in [-0.2, -0.15) is 4.31 Å². The lowest BCUT2D eigenvalue weighted by Gasteiger charge is -2.34. The van der Waals surface area contributed by atoms with E-state index in [1.54, 1.807) is 20.8 Å². The Hall–Kier alpha value is -1.77. The van der Waals surface area contributed by atoms with Crippen molar-refractivity contribution in [2.24, 2.45) is 5.41 Å². The van der Waals surface area contributed by atoms with Gasteiger partial charge in [-0.25, -0.2) is 13.2 Å². The van der Waals surface area contributed by atoms with E-state index in [1.165, 1.54) is 28.6 Å². The summed E-state index contributed by atoms with van der Waals surface area (Å²) in [6, 6.07) is 5.68. The maximum atomic E-state index is 12.9. The van der Waals surface area contributed by atoms with Crippen molar-refractivity contribution in [1.29, 1.82) is 0 Å². The van der Waals surface area contributed by atoms with E-state index < -0.39 is 21.4 Å². The number of Topliss-reactive ketones (excluding diaryl/α,β-unsaturated/α-hetero) is 1. The molecule has 1 heterocycles. The number of hydrogen-bond acceptors (Lipinski definition) is 6. The molecule has 8 heteroatoms. The quantitative estimate of drug-likeness (QED) is 0.708. The van der Waals surface area contributed by atoms with Crippen LogP contribution in [0.25, 0.3) is 0 Å². The minimum Gasteiger partial charge on any atom is -0.454 e. The highest BCUT2D eigenvalue weighted by atomic mass is 32.2. The zero-order chi connectivity index (χ0) is 20.4. The molecule has 0 saturated carbocycles. The highest BCUT2D eigenvalue weighted by Gasteiger charge is 2.32. The van der Waals surface area contributed by atoms with Crippen LogP contribution in [-0.4, -0.2) is 56.4 Å². The van der Waals surface area contributed by atoms with Crippen molar-refractivity contribution in [2.45, 2.75) is 51.7 Å². The summed E-state index contributed by atoms with van der Waals surface area (Å²) in [6.45, 7) is 9.00. The molecule has 1 aliphatic rings. The standard InChI is InChI=1S/C19H27NO6S/c1-13-10-20(11-14(2)26-13)27(23,24)16-8-6-7-15(9-16)18(22)25-12-17(21)19(3,4)5/h6-9,13-14H,10-12H2,1-5H3/t13-,14-/m1/s1. The summed E-state index contributed by atoms with van der Waals surface area (Å²) in [5, 5.41) is 0. The number of benzene rings is 1. The van der Waals surface area contributed by atoms with Gasteiger partial charge in [-0.15, -0.1) is 0 Å². The molecule has 1 aromatic carbocycles. The number of ketones is 1. The molecule has 1 fully saturated rings. The van der Waals surface area contributed by atoms with E-state index in [0.29, 0.717) is 0 Å². The predicted molar refractivity (Wildman–Crippen MR) is 100.0 cm³/mol. The molecule has 0 aromatic heterocycles. The zero-order valence-corrected chi connectivity index (χ0v) is 17.2. The fourth-order valence-corrected chi connectivity index (χ4v) is 4.33. The van der Waals surface area contributed by atoms with Crippen LogP contribution in [0.3, 0.4) is 0 Å². The van der Waals surface area contributed by atoms with Gasteiger partial charge in [0.25, 0.3) is 0 Å². The van der Waals surface area contributed by atoms with Crippen LogP contribution in [0.2, 0.25) is 0 Å². The van der Waals surface area contributed by atoms with Gasteiger partial charge in [0.2, 0.25) is 10.0 Å². The third-order valence-corrected chi connectivity index (χ3v) is 6.09. The van der Waals surface area contributed by atoms with Crippen molar-refractivity contribution >= 4 is 21.8 Å². The first-order chi connectivity index (χ1) is 12.4. The Morgan fingerprint density at radius 2 is 1.78 bits per heavy atom. The first-order valence-corrected chi connectivity index (χ1v) is 10.3. The number of rotatable bonds is 5. The normalized spacial score (nSPS) is 21.7. The van der Waals surface area contributed by atoms with Gasteiger partial charge >= 0.3 is 5.97 Å². The SMILES string of the molecule is C[C@@H]1CN(S(=O)(=O)c2cccc(C(=O)OCC(=O)C(C)(C)C)c2)C[C@@H](C)O1. The average Bonchev–Trinajstić information content (AvgIpc) is 2.57. The van der Waals surface area contributed by atoms with Crippen molar-refractivity contribution in [3.8, 4) is 0 Å². The summed E-state index contributed by atoms with van der Waals surface area (Å²) >= 11 is 0. The van der Waals surface area contributed by atoms with E-state index in [2.05, 4.69) is 0 Å². The molecule has 27 heavy (non-hydrogen) atoms. The molecule has 1 aliphatic heterocycles. The lowest BCUT2D eigenvalue weighted by molar-refractivity contribution is -0.129. The number of ether oxygens (including phenoxy) is 2. The maximum absolute atomic E-state index is 12.9. The van der Waals surface area contributed by atoms with Crippen LogP contribution in [-0.2, 0) is 24.3 Å². The van der Waals surface area contributed by atoms with Crippen LogP contribution in [0.4, 0.5) is 0 Å². The molecule has 0 amide bonds. The molecule has 0 unspecified atom stereocenters. The molecule has 0 bridgehead atoms. The largest absolute Gasteiger partial charge is 0.454 e. The number of esters is 1. The third kappa shape index (κ3) is 5.37. The topological polar surface area (TPSA) is 90.0 Å². The van der Waals surface area contributed by atoms with Crippen molar-refractivity contribution in [1.82, 2.24) is 4.31 Å². The molecule has 0 N–H and O–H groups in total. The van der Waals surface area contributed by atoms with Gasteiger partial charge in [0.1, 0.15) is 0 Å². The molecule has 7 nitrogen and oxygen atoms in total. The van der Waals surface area contributed by atoms with Crippen LogP contribution in [0.5, 0.6) is 0 Å². The number of sulfonamides is 1. The average molecular weight is 397 g/mol. The van der Waals surface area contributed by atoms with E-state index in [4.69, 9.17) is 9.47 Å². The molecule has 0 aliphatic carbocycles. The van der Waals surface area contributed by atoms with Gasteiger partial charge in [-0.05, 0) is 32.0 Å². The summed E-state index contributed by atoms with van der Waals surface area (Å²) in [6.07, 6.45) is -0.417. The van der Waals surface area contributed by atoms with Gasteiger partial charge in [0, 0.05) is 18.5 Å². The maximum Gasteiger partial charge on any atom is 0.338 e. The Kier molecular flexibility index (Phi) is 6.44. The third-order valence-electron chi connectivity index (χ3n) is 4.26. The van der Waals surface area contributed by atoms with Crippen molar-refractivity contribution in [3.05, 3.63) is 29.8 Å². The van der Waals surface area contributed by atoms with Gasteiger partial charge in [-0.3, -0.25) is 4.79 Å². The Bertz CT molecular complexity index is 802. The number of nitrogens with zero attached hydrogens (tertiary/aromatic N) is 1. The Morgan fingerprint density at radius 1 is 1.19 bits per heavy atom. The van der Waals surface area contributed by atoms with Crippen LogP contribution in [0.1, 0.15) is 45.0 Å². The van der Waals surface area contributed by atoms with Crippen molar-refractivity contribution in [2.75, 3.05) is 19.7 Å². The lowest BCUT2D eigenvalue weighted by Crippen LogP contribution is -2.48. The summed E-state index contributed by atoms with van der Waals surface area (Å²) < 4.78 is 37.8. The highest BCUT2D eigenvalue weighted by Crippen LogP contribution is 2.22. The molecule has 1 saturated heterocycles. The molecule has 1 aromatic rings. The van der Waals surface area contributed by atoms with Crippen LogP contribution in [0.15, 0.2) is 29.2 Å². The smallest absolute Gasteiger partial charge is 0.338 e. The molecular formula is C19H27NO6S. The second-order valence-corrected chi connectivity index (χ2v) is 9.79. The van der Waals surface area contributed by atoms with Crippen LogP contribution < -0.4 is 0 Å². The van der Waals surface area contributed by atoms with Gasteiger partial charge in [-0.1, -0.05) is 26.8 Å². The molecule has 0 spiro atoms. The van der Waals surface area contributed by atoms with Crippen LogP contribution >= 0.6 is 0 Å².